The molecule has 2 heterocycles. The summed E-state index contributed by atoms with van der Waals surface area (Å²) in [4.78, 5) is 79.3. The number of carboxylic acid groups (broad SMARTS) is 1. The van der Waals surface area contributed by atoms with E-state index >= 15 is 0 Å². The van der Waals surface area contributed by atoms with E-state index < -0.39 is 60.2 Å². The van der Waals surface area contributed by atoms with Crippen LogP contribution in [0.5, 0.6) is 0 Å². The molecule has 4 amide bonds. The summed E-state index contributed by atoms with van der Waals surface area (Å²) in [6.45, 7) is 0.113. The average molecular weight is 563 g/mol. The molecule has 0 spiro atoms. The van der Waals surface area contributed by atoms with E-state index in [0.717, 1.165) is 0 Å². The number of H-pyrrole nitrogens is 2. The van der Waals surface area contributed by atoms with Crippen LogP contribution in [0.3, 0.4) is 0 Å². The SMILES string of the molecule is NC(=O)CC(NC(=O)C(N)Cc1cnc[nH]1)C(=O)NC(CCCN=C(N)N)C(=O)NC(Cc1cnc[nH]1)C(=O)O. The van der Waals surface area contributed by atoms with Gasteiger partial charge in [-0.25, -0.2) is 14.8 Å². The van der Waals surface area contributed by atoms with Crippen LogP contribution < -0.4 is 38.9 Å². The molecule has 40 heavy (non-hydrogen) atoms. The second-order valence-electron chi connectivity index (χ2n) is 8.81. The smallest absolute Gasteiger partial charge is 0.326 e. The van der Waals surface area contributed by atoms with E-state index in [2.05, 4.69) is 40.9 Å². The summed E-state index contributed by atoms with van der Waals surface area (Å²) in [7, 11) is 0. The van der Waals surface area contributed by atoms with Gasteiger partial charge in [0.25, 0.3) is 0 Å². The average Bonchev–Trinajstić information content (AvgIpc) is 3.58. The number of aromatic nitrogens is 4. The Labute approximate surface area is 228 Å². The number of aliphatic carboxylic acids is 1. The molecule has 4 unspecified atom stereocenters. The summed E-state index contributed by atoms with van der Waals surface area (Å²) in [6.07, 6.45) is 5.23. The Hall–Kier alpha value is -5.00. The van der Waals surface area contributed by atoms with Crippen molar-refractivity contribution in [1.82, 2.24) is 35.9 Å². The Morgan fingerprint density at radius 3 is 1.93 bits per heavy atom. The lowest BCUT2D eigenvalue weighted by atomic mass is 10.1. The van der Waals surface area contributed by atoms with E-state index in [0.29, 0.717) is 11.4 Å². The van der Waals surface area contributed by atoms with Crippen LogP contribution in [-0.2, 0) is 36.8 Å². The zero-order valence-electron chi connectivity index (χ0n) is 21.5. The number of rotatable bonds is 17. The molecule has 2 aromatic rings. The summed E-state index contributed by atoms with van der Waals surface area (Å²) >= 11 is 0. The monoisotopic (exact) mass is 562 g/mol. The molecule has 0 aliphatic carbocycles. The standard InChI is InChI=1S/C22H34N12O6/c23-13(4-11-7-27-9-30-11)18(36)33-15(6-17(24)35)20(38)32-14(2-1-3-29-22(25)26)19(37)34-16(21(39)40)5-12-8-28-10-31-12/h7-10,13-16H,1-6,23H2,(H2,24,35)(H,27,30)(H,28,31)(H,32,38)(H,33,36)(H,34,37)(H,39,40)(H4,25,26,29). The first-order chi connectivity index (χ1) is 19.0. The van der Waals surface area contributed by atoms with Gasteiger partial charge in [0.1, 0.15) is 18.1 Å². The number of nitrogens with one attached hydrogen (secondary N) is 5. The lowest BCUT2D eigenvalue weighted by molar-refractivity contribution is -0.142. The van der Waals surface area contributed by atoms with Crippen molar-refractivity contribution < 1.29 is 29.1 Å². The molecule has 0 bridgehead atoms. The number of amides is 4. The van der Waals surface area contributed by atoms with Crippen LogP contribution in [0.4, 0.5) is 0 Å². The number of guanidine groups is 1. The highest BCUT2D eigenvalue weighted by atomic mass is 16.4. The Kier molecular flexibility index (Phi) is 12.0. The van der Waals surface area contributed by atoms with Crippen LogP contribution in [0, 0.1) is 0 Å². The fourth-order valence-electron chi connectivity index (χ4n) is 3.55. The van der Waals surface area contributed by atoms with Gasteiger partial charge in [-0.1, -0.05) is 0 Å². The van der Waals surface area contributed by atoms with Gasteiger partial charge in [0.2, 0.25) is 23.6 Å². The highest BCUT2D eigenvalue weighted by molar-refractivity contribution is 5.96. The normalized spacial score (nSPS) is 13.7. The number of aromatic amines is 2. The van der Waals surface area contributed by atoms with Crippen molar-refractivity contribution in [2.24, 2.45) is 27.9 Å². The van der Waals surface area contributed by atoms with Crippen LogP contribution in [0.2, 0.25) is 0 Å². The molecule has 2 aromatic heterocycles. The molecule has 18 nitrogen and oxygen atoms in total. The van der Waals surface area contributed by atoms with E-state index in [1.165, 1.54) is 25.0 Å². The van der Waals surface area contributed by atoms with Crippen molar-refractivity contribution in [2.45, 2.75) is 56.3 Å². The fourth-order valence-corrected chi connectivity index (χ4v) is 3.55. The number of nitrogens with two attached hydrogens (primary N) is 4. The number of carbonyl (C=O) groups excluding carboxylic acids is 4. The van der Waals surface area contributed by atoms with Gasteiger partial charge in [0, 0.05) is 43.2 Å². The first-order valence-electron chi connectivity index (χ1n) is 12.1. The predicted octanol–water partition coefficient (Wildman–Crippen LogP) is -4.29. The second kappa shape index (κ2) is 15.4. The molecule has 0 saturated carbocycles. The minimum atomic E-state index is -1.47. The Morgan fingerprint density at radius 2 is 1.40 bits per heavy atom. The lowest BCUT2D eigenvalue weighted by Gasteiger charge is -2.24. The van der Waals surface area contributed by atoms with Gasteiger partial charge in [-0.3, -0.25) is 24.2 Å². The van der Waals surface area contributed by atoms with Crippen molar-refractivity contribution in [1.29, 1.82) is 0 Å². The van der Waals surface area contributed by atoms with Crippen molar-refractivity contribution in [3.8, 4) is 0 Å². The number of primary amides is 1. The molecule has 4 atom stereocenters. The first kappa shape index (κ1) is 31.2. The van der Waals surface area contributed by atoms with E-state index in [1.807, 2.05) is 0 Å². The van der Waals surface area contributed by atoms with Gasteiger partial charge in [-0.05, 0) is 12.8 Å². The molecule has 218 valence electrons. The second-order valence-corrected chi connectivity index (χ2v) is 8.81. The molecule has 0 radical (unpaired) electrons. The zero-order chi connectivity index (χ0) is 29.7. The molecule has 2 rings (SSSR count). The van der Waals surface area contributed by atoms with Crippen LogP contribution >= 0.6 is 0 Å². The Balaban J connectivity index is 2.15. The van der Waals surface area contributed by atoms with E-state index in [-0.39, 0.29) is 38.2 Å². The van der Waals surface area contributed by atoms with E-state index in [9.17, 15) is 29.1 Å². The highest BCUT2D eigenvalue weighted by Gasteiger charge is 2.31. The maximum Gasteiger partial charge on any atom is 0.326 e. The van der Waals surface area contributed by atoms with Crippen molar-refractivity contribution in [3.63, 3.8) is 0 Å². The largest absolute Gasteiger partial charge is 0.480 e. The van der Waals surface area contributed by atoms with Gasteiger partial charge in [0.15, 0.2) is 5.96 Å². The van der Waals surface area contributed by atoms with Crippen LogP contribution in [-0.4, -0.2) is 91.3 Å². The lowest BCUT2D eigenvalue weighted by Crippen LogP contribution is -2.58. The quantitative estimate of drug-likeness (QED) is 0.0499. The third kappa shape index (κ3) is 10.8. The van der Waals surface area contributed by atoms with Crippen LogP contribution in [0.25, 0.3) is 0 Å². The van der Waals surface area contributed by atoms with Gasteiger partial charge in [0.05, 0.1) is 25.1 Å². The van der Waals surface area contributed by atoms with Crippen LogP contribution in [0.1, 0.15) is 30.7 Å². The molecule has 0 aliphatic heterocycles. The van der Waals surface area contributed by atoms with Gasteiger partial charge < -0.3 is 54.0 Å². The summed E-state index contributed by atoms with van der Waals surface area (Å²) in [5.41, 5.74) is 22.8. The highest BCUT2D eigenvalue weighted by Crippen LogP contribution is 2.05. The van der Waals surface area contributed by atoms with Gasteiger partial charge >= 0.3 is 5.97 Å². The third-order valence-electron chi connectivity index (χ3n) is 5.54. The maximum atomic E-state index is 13.1. The van der Waals surface area contributed by atoms with E-state index in [1.54, 1.807) is 0 Å². The topological polar surface area (TPSA) is 315 Å². The van der Waals surface area contributed by atoms with Crippen LogP contribution in [0.15, 0.2) is 30.0 Å². The summed E-state index contributed by atoms with van der Waals surface area (Å²) in [5, 5.41) is 16.8. The molecule has 0 aromatic carbocycles. The molecule has 18 heteroatoms. The summed E-state index contributed by atoms with van der Waals surface area (Å²) in [6, 6.07) is -5.20. The molecule has 0 aliphatic rings. The van der Waals surface area contributed by atoms with Crippen molar-refractivity contribution in [3.05, 3.63) is 36.4 Å². The predicted molar refractivity (Wildman–Crippen MR) is 140 cm³/mol. The maximum absolute atomic E-state index is 13.1. The number of nitrogens with zero attached hydrogens (tertiary/aromatic N) is 3. The minimum absolute atomic E-state index is 0.0126. The fraction of sp³-hybridized carbons (Fsp3) is 0.455. The molecular weight excluding hydrogens is 528 g/mol. The van der Waals surface area contributed by atoms with E-state index in [4.69, 9.17) is 22.9 Å². The number of imidazole rings is 2. The molecule has 14 N–H and O–H groups in total. The minimum Gasteiger partial charge on any atom is -0.480 e. The summed E-state index contributed by atoms with van der Waals surface area (Å²) < 4.78 is 0. The number of carbonyl (C=O) groups is 5. The first-order valence-corrected chi connectivity index (χ1v) is 12.1. The summed E-state index contributed by atoms with van der Waals surface area (Å²) in [5.74, 6) is -4.89. The molecule has 0 fully saturated rings. The molecular formula is C22H34N12O6. The number of carboxylic acids is 1. The number of hydrogen-bond acceptors (Lipinski definition) is 9. The van der Waals surface area contributed by atoms with Crippen molar-refractivity contribution >= 4 is 35.6 Å². The Bertz CT molecular complexity index is 1160. The third-order valence-corrected chi connectivity index (χ3v) is 5.54. The Morgan fingerprint density at radius 1 is 0.850 bits per heavy atom. The van der Waals surface area contributed by atoms with Gasteiger partial charge in [-0.2, -0.15) is 0 Å². The molecule has 0 saturated heterocycles. The van der Waals surface area contributed by atoms with Gasteiger partial charge in [-0.15, -0.1) is 0 Å². The van der Waals surface area contributed by atoms with Crippen molar-refractivity contribution in [2.75, 3.05) is 6.54 Å². The number of hydrogen-bond donors (Lipinski definition) is 10. The zero-order valence-corrected chi connectivity index (χ0v) is 21.5. The number of aliphatic imine (C=N–C) groups is 1.